The molecule has 0 aromatic heterocycles. The van der Waals surface area contributed by atoms with Gasteiger partial charge in [0.25, 0.3) is 0 Å². The molecule has 0 bridgehead atoms. The van der Waals surface area contributed by atoms with Gasteiger partial charge in [-0.3, -0.25) is 4.90 Å². The highest BCUT2D eigenvalue weighted by molar-refractivity contribution is 9.10. The number of carboxylic acid groups (broad SMARTS) is 1. The van der Waals surface area contributed by atoms with E-state index >= 15 is 0 Å². The van der Waals surface area contributed by atoms with Crippen LogP contribution in [0.2, 0.25) is 5.02 Å². The first kappa shape index (κ1) is 20.3. The number of benzene rings is 2. The van der Waals surface area contributed by atoms with Crippen LogP contribution in [0.4, 0.5) is 4.79 Å². The number of hydrogen-bond donors (Lipinski definition) is 1. The van der Waals surface area contributed by atoms with Crippen LogP contribution in [-0.4, -0.2) is 28.6 Å². The number of hydrogen-bond acceptors (Lipinski definition) is 3. The summed E-state index contributed by atoms with van der Waals surface area (Å²) in [7, 11) is 0. The molecule has 0 saturated heterocycles. The molecule has 2 aromatic rings. The number of nitrogens with zero attached hydrogens (tertiary/aromatic N) is 1. The summed E-state index contributed by atoms with van der Waals surface area (Å²) in [4.78, 5) is 25.7. The molecule has 1 unspecified atom stereocenters. The lowest BCUT2D eigenvalue weighted by Crippen LogP contribution is -2.40. The molecule has 1 N–H and O–H groups in total. The lowest BCUT2D eigenvalue weighted by atomic mass is 10.1. The minimum absolute atomic E-state index is 0.0679. The van der Waals surface area contributed by atoms with Crippen molar-refractivity contribution in [2.24, 2.45) is 0 Å². The van der Waals surface area contributed by atoms with Crippen LogP contribution in [0.3, 0.4) is 0 Å². The van der Waals surface area contributed by atoms with E-state index in [0.29, 0.717) is 16.5 Å². The van der Waals surface area contributed by atoms with Crippen molar-refractivity contribution in [2.45, 2.75) is 26.0 Å². The molecule has 7 heteroatoms. The van der Waals surface area contributed by atoms with Crippen molar-refractivity contribution in [2.75, 3.05) is 6.54 Å². The molecular weight excluding hydrogens is 422 g/mol. The fourth-order valence-electron chi connectivity index (χ4n) is 2.53. The van der Waals surface area contributed by atoms with E-state index in [1.807, 2.05) is 37.3 Å². The van der Waals surface area contributed by atoms with Crippen molar-refractivity contribution >= 4 is 39.6 Å². The molecule has 2 aromatic carbocycles. The van der Waals surface area contributed by atoms with Gasteiger partial charge in [0.15, 0.2) is 6.04 Å². The Morgan fingerprint density at radius 3 is 2.54 bits per heavy atom. The van der Waals surface area contributed by atoms with Gasteiger partial charge in [0.05, 0.1) is 0 Å². The Bertz CT molecular complexity index is 769. The summed E-state index contributed by atoms with van der Waals surface area (Å²) in [5, 5.41) is 10.0. The molecule has 0 fully saturated rings. The van der Waals surface area contributed by atoms with Gasteiger partial charge < -0.3 is 9.84 Å². The van der Waals surface area contributed by atoms with Gasteiger partial charge in [-0.2, -0.15) is 0 Å². The SMILES string of the molecule is CCCN(C(=O)OCc1ccccc1)C(C(=O)O)c1cc(Br)ccc1Cl. The second-order valence-electron chi connectivity index (χ2n) is 5.64. The largest absolute Gasteiger partial charge is 0.479 e. The van der Waals surface area contributed by atoms with Crippen LogP contribution in [0.25, 0.3) is 0 Å². The molecule has 0 aliphatic carbocycles. The maximum Gasteiger partial charge on any atom is 0.411 e. The number of aliphatic carboxylic acids is 1. The molecule has 0 spiro atoms. The van der Waals surface area contributed by atoms with E-state index in [1.54, 1.807) is 18.2 Å². The van der Waals surface area contributed by atoms with Gasteiger partial charge in [-0.1, -0.05) is 64.8 Å². The molecule has 0 heterocycles. The number of carbonyl (C=O) groups is 2. The van der Waals surface area contributed by atoms with Gasteiger partial charge in [0.1, 0.15) is 6.61 Å². The Morgan fingerprint density at radius 2 is 1.92 bits per heavy atom. The van der Waals surface area contributed by atoms with E-state index in [2.05, 4.69) is 15.9 Å². The summed E-state index contributed by atoms with van der Waals surface area (Å²) in [5.74, 6) is -1.17. The summed E-state index contributed by atoms with van der Waals surface area (Å²) in [6.45, 7) is 2.16. The molecule has 2 rings (SSSR count). The molecule has 0 aliphatic rings. The van der Waals surface area contributed by atoms with Gasteiger partial charge in [-0.15, -0.1) is 0 Å². The molecule has 5 nitrogen and oxygen atoms in total. The van der Waals surface area contributed by atoms with E-state index in [-0.39, 0.29) is 18.2 Å². The fraction of sp³-hybridized carbons (Fsp3) is 0.263. The third-order valence-electron chi connectivity index (χ3n) is 3.70. The van der Waals surface area contributed by atoms with Crippen molar-refractivity contribution in [1.82, 2.24) is 4.90 Å². The summed E-state index contributed by atoms with van der Waals surface area (Å²) in [5.41, 5.74) is 1.16. The van der Waals surface area contributed by atoms with E-state index in [1.165, 1.54) is 4.90 Å². The van der Waals surface area contributed by atoms with E-state index < -0.39 is 18.1 Å². The zero-order valence-electron chi connectivity index (χ0n) is 14.2. The maximum atomic E-state index is 12.6. The average Bonchev–Trinajstić information content (AvgIpc) is 2.62. The van der Waals surface area contributed by atoms with E-state index in [9.17, 15) is 14.7 Å². The Morgan fingerprint density at radius 1 is 1.23 bits per heavy atom. The molecule has 1 atom stereocenters. The predicted molar refractivity (Wildman–Crippen MR) is 103 cm³/mol. The lowest BCUT2D eigenvalue weighted by Gasteiger charge is -2.29. The lowest BCUT2D eigenvalue weighted by molar-refractivity contribution is -0.143. The van der Waals surface area contributed by atoms with Gasteiger partial charge in [0.2, 0.25) is 0 Å². The number of rotatable bonds is 7. The van der Waals surface area contributed by atoms with Crippen molar-refractivity contribution in [1.29, 1.82) is 0 Å². The number of carbonyl (C=O) groups excluding carboxylic acids is 1. The van der Waals surface area contributed by atoms with Gasteiger partial charge in [-0.05, 0) is 30.2 Å². The summed E-state index contributed by atoms with van der Waals surface area (Å²) in [6.07, 6.45) is -0.116. The van der Waals surface area contributed by atoms with Crippen molar-refractivity contribution in [3.05, 3.63) is 69.2 Å². The molecule has 0 saturated carbocycles. The first-order valence-corrected chi connectivity index (χ1v) is 9.26. The molecule has 26 heavy (non-hydrogen) atoms. The molecule has 138 valence electrons. The van der Waals surface area contributed by atoms with Crippen LogP contribution in [0.1, 0.15) is 30.5 Å². The average molecular weight is 441 g/mol. The van der Waals surface area contributed by atoms with Crippen LogP contribution < -0.4 is 0 Å². The van der Waals surface area contributed by atoms with Gasteiger partial charge in [0, 0.05) is 21.6 Å². The van der Waals surface area contributed by atoms with Crippen molar-refractivity contribution < 1.29 is 19.4 Å². The maximum absolute atomic E-state index is 12.6. The monoisotopic (exact) mass is 439 g/mol. The minimum atomic E-state index is -1.23. The molecule has 0 aliphatic heterocycles. The summed E-state index contributed by atoms with van der Waals surface area (Å²) >= 11 is 9.51. The number of amides is 1. The third-order valence-corrected chi connectivity index (χ3v) is 4.54. The smallest absolute Gasteiger partial charge is 0.411 e. The highest BCUT2D eigenvalue weighted by Gasteiger charge is 2.33. The van der Waals surface area contributed by atoms with Gasteiger partial charge in [-0.25, -0.2) is 9.59 Å². The standard InChI is InChI=1S/C19H19BrClNO4/c1-2-10-22(19(25)26-12-13-6-4-3-5-7-13)17(18(23)24)15-11-14(20)8-9-16(15)21/h3-9,11,17H,2,10,12H2,1H3,(H,23,24). The quantitative estimate of drug-likeness (QED) is 0.636. The number of carboxylic acids is 1. The first-order chi connectivity index (χ1) is 12.4. The molecule has 1 amide bonds. The van der Waals surface area contributed by atoms with Crippen LogP contribution in [0.5, 0.6) is 0 Å². The van der Waals surface area contributed by atoms with Crippen LogP contribution in [0, 0.1) is 0 Å². The van der Waals surface area contributed by atoms with E-state index in [4.69, 9.17) is 16.3 Å². The summed E-state index contributed by atoms with van der Waals surface area (Å²) in [6, 6.07) is 12.9. The minimum Gasteiger partial charge on any atom is -0.479 e. The predicted octanol–water partition coefficient (Wildman–Crippen LogP) is 5.28. The Hall–Kier alpha value is -2.05. The van der Waals surface area contributed by atoms with Crippen molar-refractivity contribution in [3.63, 3.8) is 0 Å². The highest BCUT2D eigenvalue weighted by atomic mass is 79.9. The number of ether oxygens (including phenoxy) is 1. The van der Waals surface area contributed by atoms with Gasteiger partial charge >= 0.3 is 12.1 Å². The Labute approximate surface area is 165 Å². The summed E-state index contributed by atoms with van der Waals surface area (Å²) < 4.78 is 6.01. The zero-order valence-corrected chi connectivity index (χ0v) is 16.5. The Balaban J connectivity index is 2.27. The van der Waals surface area contributed by atoms with Crippen LogP contribution in [0.15, 0.2) is 53.0 Å². The highest BCUT2D eigenvalue weighted by Crippen LogP contribution is 2.31. The third kappa shape index (κ3) is 5.22. The molecular formula is C19H19BrClNO4. The second kappa shape index (κ2) is 9.59. The fourth-order valence-corrected chi connectivity index (χ4v) is 3.13. The van der Waals surface area contributed by atoms with E-state index in [0.717, 1.165) is 5.56 Å². The topological polar surface area (TPSA) is 66.8 Å². The first-order valence-electron chi connectivity index (χ1n) is 8.09. The van der Waals surface area contributed by atoms with Crippen LogP contribution >= 0.6 is 27.5 Å². The van der Waals surface area contributed by atoms with Crippen LogP contribution in [-0.2, 0) is 16.1 Å². The normalized spacial score (nSPS) is 11.7. The zero-order chi connectivity index (χ0) is 19.1. The number of halogens is 2. The Kier molecular flexibility index (Phi) is 7.48. The van der Waals surface area contributed by atoms with Crippen molar-refractivity contribution in [3.8, 4) is 0 Å². The molecule has 0 radical (unpaired) electrons. The second-order valence-corrected chi connectivity index (χ2v) is 6.96.